The van der Waals surface area contributed by atoms with E-state index in [1.165, 1.54) is 64.2 Å². The summed E-state index contributed by atoms with van der Waals surface area (Å²) in [6.07, 6.45) is 14.7. The number of carbonyl (C=O) groups excluding carboxylic acids is 2. The van der Waals surface area contributed by atoms with Crippen molar-refractivity contribution in [2.45, 2.75) is 90.9 Å². The lowest BCUT2D eigenvalue weighted by Gasteiger charge is -2.23. The molecule has 1 aliphatic carbocycles. The number of ketones is 2. The van der Waals surface area contributed by atoms with E-state index in [1.807, 2.05) is 24.3 Å². The molecule has 0 saturated carbocycles. The van der Waals surface area contributed by atoms with E-state index < -0.39 is 0 Å². The number of rotatable bonds is 16. The molecule has 2 aromatic rings. The van der Waals surface area contributed by atoms with Crippen molar-refractivity contribution >= 4 is 22.9 Å². The van der Waals surface area contributed by atoms with Crippen LogP contribution in [-0.2, 0) is 0 Å². The maximum Gasteiger partial charge on any atom is 0.196 e. The standard InChI is InChI=1S/C30H42N2O2/c1-3-5-7-9-11-13-21-31-25-19-15-17-23-27(25)29(33)24-18-16-20-26(28(24)30(23)34)32-22-14-12-10-8-6-4-2/h15-20,31-32H,3-14,21-22H2,1-2H3. The van der Waals surface area contributed by atoms with E-state index >= 15 is 0 Å². The molecule has 0 spiro atoms. The van der Waals surface area contributed by atoms with Crippen LogP contribution in [0.15, 0.2) is 36.4 Å². The summed E-state index contributed by atoms with van der Waals surface area (Å²) in [4.78, 5) is 27.0. The number of hydrogen-bond acceptors (Lipinski definition) is 4. The Morgan fingerprint density at radius 1 is 0.529 bits per heavy atom. The Morgan fingerprint density at radius 2 is 0.912 bits per heavy atom. The van der Waals surface area contributed by atoms with Gasteiger partial charge in [0.2, 0.25) is 0 Å². The molecule has 4 heteroatoms. The highest BCUT2D eigenvalue weighted by Gasteiger charge is 2.33. The Kier molecular flexibility index (Phi) is 10.7. The number of benzene rings is 2. The van der Waals surface area contributed by atoms with Crippen LogP contribution in [0.3, 0.4) is 0 Å². The summed E-state index contributed by atoms with van der Waals surface area (Å²) < 4.78 is 0. The third-order valence-corrected chi connectivity index (χ3v) is 6.76. The molecule has 0 aliphatic heterocycles. The first-order valence-corrected chi connectivity index (χ1v) is 13.5. The van der Waals surface area contributed by atoms with Crippen molar-refractivity contribution in [3.8, 4) is 0 Å². The molecule has 2 N–H and O–H groups in total. The van der Waals surface area contributed by atoms with Gasteiger partial charge in [-0.2, -0.15) is 0 Å². The molecule has 0 unspecified atom stereocenters. The van der Waals surface area contributed by atoms with Crippen LogP contribution in [0.2, 0.25) is 0 Å². The molecule has 3 rings (SSSR count). The summed E-state index contributed by atoms with van der Waals surface area (Å²) in [5.41, 5.74) is 3.64. The molecule has 0 aromatic heterocycles. The first kappa shape index (κ1) is 26.0. The molecule has 0 amide bonds. The van der Waals surface area contributed by atoms with Crippen LogP contribution in [0.1, 0.15) is 123 Å². The predicted molar refractivity (Wildman–Crippen MR) is 143 cm³/mol. The summed E-state index contributed by atoms with van der Waals surface area (Å²) >= 11 is 0. The summed E-state index contributed by atoms with van der Waals surface area (Å²) in [5, 5.41) is 6.87. The normalized spacial score (nSPS) is 12.4. The van der Waals surface area contributed by atoms with E-state index in [0.717, 1.165) is 37.3 Å². The number of fused-ring (bicyclic) bond motifs is 2. The lowest BCUT2D eigenvalue weighted by atomic mass is 9.82. The van der Waals surface area contributed by atoms with E-state index in [2.05, 4.69) is 24.5 Å². The van der Waals surface area contributed by atoms with Gasteiger partial charge in [0, 0.05) is 35.6 Å². The van der Waals surface area contributed by atoms with Crippen molar-refractivity contribution in [2.24, 2.45) is 0 Å². The van der Waals surface area contributed by atoms with Gasteiger partial charge in [0.1, 0.15) is 0 Å². The monoisotopic (exact) mass is 462 g/mol. The molecule has 4 nitrogen and oxygen atoms in total. The summed E-state index contributed by atoms with van der Waals surface area (Å²) in [6.45, 7) is 6.09. The van der Waals surface area contributed by atoms with Gasteiger partial charge in [0.25, 0.3) is 0 Å². The summed E-state index contributed by atoms with van der Waals surface area (Å²) in [6, 6.07) is 11.2. The van der Waals surface area contributed by atoms with Crippen molar-refractivity contribution in [3.63, 3.8) is 0 Å². The topological polar surface area (TPSA) is 58.2 Å². The van der Waals surface area contributed by atoms with Crippen molar-refractivity contribution in [3.05, 3.63) is 58.7 Å². The van der Waals surface area contributed by atoms with E-state index in [9.17, 15) is 9.59 Å². The first-order valence-electron chi connectivity index (χ1n) is 13.5. The number of carbonyl (C=O) groups is 2. The van der Waals surface area contributed by atoms with Crippen LogP contribution in [-0.4, -0.2) is 24.7 Å². The molecule has 34 heavy (non-hydrogen) atoms. The Balaban J connectivity index is 1.65. The fourth-order valence-corrected chi connectivity index (χ4v) is 4.79. The highest BCUT2D eigenvalue weighted by atomic mass is 16.1. The van der Waals surface area contributed by atoms with Crippen LogP contribution >= 0.6 is 0 Å². The van der Waals surface area contributed by atoms with Gasteiger partial charge in [-0.3, -0.25) is 9.59 Å². The van der Waals surface area contributed by atoms with Gasteiger partial charge in [0.05, 0.1) is 11.1 Å². The molecule has 0 heterocycles. The van der Waals surface area contributed by atoms with Gasteiger partial charge in [-0.25, -0.2) is 0 Å². The lowest BCUT2D eigenvalue weighted by molar-refractivity contribution is 0.0980. The van der Waals surface area contributed by atoms with E-state index in [1.54, 1.807) is 12.1 Å². The van der Waals surface area contributed by atoms with Gasteiger partial charge >= 0.3 is 0 Å². The molecule has 0 fully saturated rings. The smallest absolute Gasteiger partial charge is 0.196 e. The fourth-order valence-electron chi connectivity index (χ4n) is 4.79. The average Bonchev–Trinajstić information content (AvgIpc) is 2.86. The summed E-state index contributed by atoms with van der Waals surface area (Å²) in [7, 11) is 0. The van der Waals surface area contributed by atoms with E-state index in [0.29, 0.717) is 22.3 Å². The minimum Gasteiger partial charge on any atom is -0.384 e. The van der Waals surface area contributed by atoms with Gasteiger partial charge in [-0.1, -0.05) is 102 Å². The minimum atomic E-state index is -0.0566. The number of nitrogens with one attached hydrogen (secondary N) is 2. The molecule has 1 aliphatic rings. The Morgan fingerprint density at radius 3 is 1.32 bits per heavy atom. The van der Waals surface area contributed by atoms with Gasteiger partial charge < -0.3 is 10.6 Å². The quantitative estimate of drug-likeness (QED) is 0.212. The van der Waals surface area contributed by atoms with Gasteiger partial charge in [-0.15, -0.1) is 0 Å². The lowest BCUT2D eigenvalue weighted by Crippen LogP contribution is -2.24. The third kappa shape index (κ3) is 6.71. The van der Waals surface area contributed by atoms with Crippen molar-refractivity contribution < 1.29 is 9.59 Å². The van der Waals surface area contributed by atoms with Gasteiger partial charge in [0.15, 0.2) is 11.6 Å². The SMILES string of the molecule is CCCCCCCCNc1cccc2c1C(=O)c1cccc(NCCCCCCCC)c1C2=O. The van der Waals surface area contributed by atoms with Crippen LogP contribution in [0.5, 0.6) is 0 Å². The van der Waals surface area contributed by atoms with E-state index in [4.69, 9.17) is 0 Å². The molecule has 0 bridgehead atoms. The zero-order chi connectivity index (χ0) is 24.2. The molecular weight excluding hydrogens is 420 g/mol. The third-order valence-electron chi connectivity index (χ3n) is 6.76. The largest absolute Gasteiger partial charge is 0.384 e. The molecule has 0 radical (unpaired) electrons. The van der Waals surface area contributed by atoms with Crippen LogP contribution < -0.4 is 10.6 Å². The second-order valence-electron chi connectivity index (χ2n) is 9.50. The highest BCUT2D eigenvalue weighted by molar-refractivity contribution is 6.31. The number of anilines is 2. The highest BCUT2D eigenvalue weighted by Crippen LogP contribution is 2.35. The fraction of sp³-hybridized carbons (Fsp3) is 0.533. The molecule has 0 saturated heterocycles. The van der Waals surface area contributed by atoms with E-state index in [-0.39, 0.29) is 11.6 Å². The van der Waals surface area contributed by atoms with Crippen molar-refractivity contribution in [2.75, 3.05) is 23.7 Å². The number of unbranched alkanes of at least 4 members (excludes halogenated alkanes) is 10. The zero-order valence-corrected chi connectivity index (χ0v) is 21.2. The minimum absolute atomic E-state index is 0.0566. The Bertz CT molecular complexity index is 873. The molecule has 184 valence electrons. The predicted octanol–water partition coefficient (Wildman–Crippen LogP) is 8.01. The zero-order valence-electron chi connectivity index (χ0n) is 21.2. The molecular formula is C30H42N2O2. The van der Waals surface area contributed by atoms with Gasteiger partial charge in [-0.05, 0) is 25.0 Å². The van der Waals surface area contributed by atoms with Crippen LogP contribution in [0.25, 0.3) is 0 Å². The molecule has 0 atom stereocenters. The maximum atomic E-state index is 13.5. The Hall–Kier alpha value is -2.62. The second kappa shape index (κ2) is 13.9. The second-order valence-corrected chi connectivity index (χ2v) is 9.50. The molecule has 2 aromatic carbocycles. The van der Waals surface area contributed by atoms with Crippen molar-refractivity contribution in [1.29, 1.82) is 0 Å². The average molecular weight is 463 g/mol. The maximum absolute atomic E-state index is 13.5. The first-order chi connectivity index (χ1) is 16.7. The Labute approximate surface area is 205 Å². The van der Waals surface area contributed by atoms with Crippen LogP contribution in [0, 0.1) is 0 Å². The number of hydrogen-bond donors (Lipinski definition) is 2. The van der Waals surface area contributed by atoms with Crippen molar-refractivity contribution in [1.82, 2.24) is 0 Å². The van der Waals surface area contributed by atoms with Crippen LogP contribution in [0.4, 0.5) is 11.4 Å². The summed E-state index contributed by atoms with van der Waals surface area (Å²) in [5.74, 6) is -0.113.